The zero-order chi connectivity index (χ0) is 15.6. The van der Waals surface area contributed by atoms with Crippen LogP contribution in [-0.4, -0.2) is 29.8 Å². The molecule has 6 heteroatoms. The van der Waals surface area contributed by atoms with Crippen molar-refractivity contribution >= 4 is 23.4 Å². The highest BCUT2D eigenvalue weighted by atomic mass is 35.5. The van der Waals surface area contributed by atoms with Crippen LogP contribution in [0.5, 0.6) is 0 Å². The molecule has 1 aromatic rings. The second-order valence-electron chi connectivity index (χ2n) is 6.06. The Morgan fingerprint density at radius 3 is 2.71 bits per heavy atom. The van der Waals surface area contributed by atoms with Crippen molar-refractivity contribution in [1.82, 2.24) is 5.01 Å². The van der Waals surface area contributed by atoms with E-state index in [2.05, 4.69) is 0 Å². The van der Waals surface area contributed by atoms with Gasteiger partial charge in [0.25, 0.3) is 0 Å². The number of nitrogens with zero attached hydrogens (tertiary/aromatic N) is 2. The van der Waals surface area contributed by atoms with Crippen LogP contribution in [0.25, 0.3) is 0 Å². The van der Waals surface area contributed by atoms with Crippen molar-refractivity contribution in [3.8, 4) is 0 Å². The highest BCUT2D eigenvalue weighted by Gasteiger charge is 2.31. The monoisotopic (exact) mass is 311 g/mol. The Kier molecular flexibility index (Phi) is 4.64. The van der Waals surface area contributed by atoms with Gasteiger partial charge in [0, 0.05) is 24.7 Å². The molecule has 1 aliphatic heterocycles. The average Bonchev–Trinajstić information content (AvgIpc) is 2.85. The number of halogens is 1. The highest BCUT2D eigenvalue weighted by molar-refractivity contribution is 6.30. The molecule has 116 valence electrons. The van der Waals surface area contributed by atoms with Gasteiger partial charge < -0.3 is 10.5 Å². The van der Waals surface area contributed by atoms with Crippen LogP contribution in [0.4, 0.5) is 10.5 Å². The number of hydrogen-bond donors (Lipinski definition) is 1. The topological polar surface area (TPSA) is 58.8 Å². The van der Waals surface area contributed by atoms with Crippen molar-refractivity contribution < 1.29 is 9.53 Å². The van der Waals surface area contributed by atoms with Crippen LogP contribution in [0.3, 0.4) is 0 Å². The summed E-state index contributed by atoms with van der Waals surface area (Å²) < 4.78 is 5.46. The maximum atomic E-state index is 12.3. The number of benzene rings is 1. The lowest BCUT2D eigenvalue weighted by atomic mass is 10.1. The lowest BCUT2D eigenvalue weighted by Crippen LogP contribution is -2.44. The van der Waals surface area contributed by atoms with Crippen molar-refractivity contribution in [2.24, 2.45) is 5.73 Å². The Bertz CT molecular complexity index is 528. The molecule has 1 aromatic carbocycles. The number of rotatable bonds is 2. The number of nitrogens with two attached hydrogens (primary N) is 1. The Morgan fingerprint density at radius 1 is 1.38 bits per heavy atom. The third-order valence-electron chi connectivity index (χ3n) is 3.18. The van der Waals surface area contributed by atoms with Crippen LogP contribution in [0.1, 0.15) is 32.8 Å². The molecular weight excluding hydrogens is 290 g/mol. The smallest absolute Gasteiger partial charge is 0.429 e. The first kappa shape index (κ1) is 15.9. The first-order valence-corrected chi connectivity index (χ1v) is 7.46. The number of amides is 1. The van der Waals surface area contributed by atoms with E-state index in [1.165, 1.54) is 0 Å². The molecule has 2 N–H and O–H groups in total. The zero-order valence-corrected chi connectivity index (χ0v) is 13.5. The summed E-state index contributed by atoms with van der Waals surface area (Å²) in [6.45, 7) is 7.35. The van der Waals surface area contributed by atoms with E-state index in [1.807, 2.05) is 44.0 Å². The molecule has 0 unspecified atom stereocenters. The number of ether oxygens (including phenoxy) is 1. The van der Waals surface area contributed by atoms with Gasteiger partial charge in [0.15, 0.2) is 0 Å². The van der Waals surface area contributed by atoms with E-state index in [0.717, 1.165) is 24.2 Å². The van der Waals surface area contributed by atoms with E-state index >= 15 is 0 Å². The third kappa shape index (κ3) is 3.80. The number of hydrogen-bond acceptors (Lipinski definition) is 4. The Labute approximate surface area is 130 Å². The third-order valence-corrected chi connectivity index (χ3v) is 3.41. The van der Waals surface area contributed by atoms with Crippen molar-refractivity contribution in [3.63, 3.8) is 0 Å². The lowest BCUT2D eigenvalue weighted by Gasteiger charge is -2.32. The predicted octanol–water partition coefficient (Wildman–Crippen LogP) is 3.16. The largest absolute Gasteiger partial charge is 0.442 e. The molecule has 0 spiro atoms. The molecule has 5 nitrogen and oxygen atoms in total. The summed E-state index contributed by atoms with van der Waals surface area (Å²) in [4.78, 5) is 12.3. The molecule has 0 saturated carbocycles. The van der Waals surface area contributed by atoms with Gasteiger partial charge in [-0.15, -0.1) is 0 Å². The van der Waals surface area contributed by atoms with E-state index in [0.29, 0.717) is 18.1 Å². The summed E-state index contributed by atoms with van der Waals surface area (Å²) in [6, 6.07) is 5.54. The van der Waals surface area contributed by atoms with Gasteiger partial charge in [-0.2, -0.15) is 0 Å². The minimum Gasteiger partial charge on any atom is -0.442 e. The summed E-state index contributed by atoms with van der Waals surface area (Å²) >= 11 is 6.01. The maximum absolute atomic E-state index is 12.3. The van der Waals surface area contributed by atoms with Gasteiger partial charge in [-0.25, -0.2) is 9.80 Å². The van der Waals surface area contributed by atoms with Crippen LogP contribution < -0.4 is 10.7 Å². The van der Waals surface area contributed by atoms with Gasteiger partial charge in [-0.05, 0) is 51.0 Å². The number of carbonyl (C=O) groups excluding carboxylic acids is 1. The van der Waals surface area contributed by atoms with Crippen LogP contribution in [-0.2, 0) is 11.3 Å². The fourth-order valence-electron chi connectivity index (χ4n) is 2.34. The summed E-state index contributed by atoms with van der Waals surface area (Å²) in [6.07, 6.45) is 0.559. The summed E-state index contributed by atoms with van der Waals surface area (Å²) in [5.41, 5.74) is 7.10. The molecule has 0 aliphatic carbocycles. The van der Waals surface area contributed by atoms with E-state index in [9.17, 15) is 4.79 Å². The maximum Gasteiger partial charge on any atom is 0.429 e. The molecule has 0 atom stereocenters. The van der Waals surface area contributed by atoms with E-state index < -0.39 is 5.60 Å². The van der Waals surface area contributed by atoms with Crippen LogP contribution in [0, 0.1) is 0 Å². The minimum absolute atomic E-state index is 0.335. The first-order valence-electron chi connectivity index (χ1n) is 7.08. The Hall–Kier alpha value is -1.46. The molecule has 1 saturated heterocycles. The van der Waals surface area contributed by atoms with Crippen LogP contribution >= 0.6 is 11.6 Å². The molecule has 21 heavy (non-hydrogen) atoms. The van der Waals surface area contributed by atoms with Crippen molar-refractivity contribution in [3.05, 3.63) is 28.8 Å². The normalized spacial score (nSPS) is 15.5. The van der Waals surface area contributed by atoms with Gasteiger partial charge in [-0.1, -0.05) is 11.6 Å². The first-order chi connectivity index (χ1) is 9.81. The van der Waals surface area contributed by atoms with Crippen LogP contribution in [0.15, 0.2) is 18.2 Å². The van der Waals surface area contributed by atoms with Crippen molar-refractivity contribution in [2.75, 3.05) is 18.1 Å². The highest BCUT2D eigenvalue weighted by Crippen LogP contribution is 2.29. The fourth-order valence-corrected chi connectivity index (χ4v) is 2.53. The zero-order valence-electron chi connectivity index (χ0n) is 12.7. The molecule has 1 amide bonds. The Balaban J connectivity index is 2.24. The molecule has 1 fully saturated rings. The molecule has 2 rings (SSSR count). The predicted molar refractivity (Wildman–Crippen MR) is 84.2 cm³/mol. The minimum atomic E-state index is -0.512. The van der Waals surface area contributed by atoms with Crippen molar-refractivity contribution in [2.45, 2.75) is 39.3 Å². The SMILES string of the molecule is CC(C)(C)OC(=O)N1CCCN1c1ccc(Cl)cc1CN. The van der Waals surface area contributed by atoms with Crippen LogP contribution in [0.2, 0.25) is 5.02 Å². The molecular formula is C15H22ClN3O2. The second kappa shape index (κ2) is 6.12. The molecule has 1 aliphatic rings. The van der Waals surface area contributed by atoms with Gasteiger partial charge in [0.05, 0.1) is 5.69 Å². The Morgan fingerprint density at radius 2 is 2.10 bits per heavy atom. The summed E-state index contributed by atoms with van der Waals surface area (Å²) in [5, 5.41) is 4.20. The number of anilines is 1. The van der Waals surface area contributed by atoms with Gasteiger partial charge in [0.1, 0.15) is 5.60 Å². The van der Waals surface area contributed by atoms with Gasteiger partial charge >= 0.3 is 6.09 Å². The van der Waals surface area contributed by atoms with E-state index in [1.54, 1.807) is 5.01 Å². The molecule has 1 heterocycles. The lowest BCUT2D eigenvalue weighted by molar-refractivity contribution is 0.0274. The number of carbonyl (C=O) groups is 1. The molecule has 0 aromatic heterocycles. The molecule has 0 bridgehead atoms. The average molecular weight is 312 g/mol. The summed E-state index contributed by atoms with van der Waals surface area (Å²) in [7, 11) is 0. The van der Waals surface area contributed by atoms with Crippen molar-refractivity contribution in [1.29, 1.82) is 0 Å². The van der Waals surface area contributed by atoms with E-state index in [-0.39, 0.29) is 6.09 Å². The number of hydrazine groups is 1. The summed E-state index contributed by atoms with van der Waals surface area (Å²) in [5.74, 6) is 0. The quantitative estimate of drug-likeness (QED) is 0.911. The fraction of sp³-hybridized carbons (Fsp3) is 0.533. The second-order valence-corrected chi connectivity index (χ2v) is 6.49. The van der Waals surface area contributed by atoms with Gasteiger partial charge in [0.2, 0.25) is 0 Å². The molecule has 0 radical (unpaired) electrons. The standard InChI is InChI=1S/C15H22ClN3O2/c1-15(2,3)21-14(20)19-8-4-7-18(19)13-6-5-12(16)9-11(13)10-17/h5-6,9H,4,7-8,10,17H2,1-3H3. The van der Waals surface area contributed by atoms with E-state index in [4.69, 9.17) is 22.1 Å². The van der Waals surface area contributed by atoms with Gasteiger partial charge in [-0.3, -0.25) is 5.01 Å².